The maximum Gasteiger partial charge on any atom is 0.337 e. The summed E-state index contributed by atoms with van der Waals surface area (Å²) in [6, 6.07) is 4.91. The third kappa shape index (κ3) is 2.09. The minimum absolute atomic E-state index is 0.0108. The number of benzene rings is 1. The average molecular weight is 272 g/mol. The van der Waals surface area contributed by atoms with Crippen molar-refractivity contribution in [2.45, 2.75) is 32.2 Å². The minimum Gasteiger partial charge on any atom is -0.465 e. The van der Waals surface area contributed by atoms with Crippen molar-refractivity contribution in [3.05, 3.63) is 39.9 Å². The Bertz CT molecular complexity index is 734. The van der Waals surface area contributed by atoms with E-state index in [2.05, 4.69) is 4.98 Å². The summed E-state index contributed by atoms with van der Waals surface area (Å²) in [6.45, 7) is 0.732. The summed E-state index contributed by atoms with van der Waals surface area (Å²) in [5, 5.41) is 0.559. The molecule has 1 aliphatic heterocycles. The monoisotopic (exact) mass is 272 g/mol. The molecule has 2 heterocycles. The van der Waals surface area contributed by atoms with Gasteiger partial charge in [0.25, 0.3) is 5.56 Å². The molecule has 0 unspecified atom stereocenters. The second-order valence-electron chi connectivity index (χ2n) is 5.02. The molecule has 0 spiro atoms. The van der Waals surface area contributed by atoms with Crippen LogP contribution in [0.3, 0.4) is 0 Å². The number of hydrogen-bond acceptors (Lipinski definition) is 4. The van der Waals surface area contributed by atoms with Crippen LogP contribution in [0.25, 0.3) is 10.9 Å². The first-order valence-corrected chi connectivity index (χ1v) is 6.82. The smallest absolute Gasteiger partial charge is 0.337 e. The molecule has 3 rings (SSSR count). The molecule has 0 amide bonds. The minimum atomic E-state index is -0.413. The van der Waals surface area contributed by atoms with E-state index >= 15 is 0 Å². The summed E-state index contributed by atoms with van der Waals surface area (Å²) in [6.07, 6.45) is 4.00. The molecular formula is C15H16N2O3. The maximum absolute atomic E-state index is 12.5. The zero-order chi connectivity index (χ0) is 14.1. The number of rotatable bonds is 1. The summed E-state index contributed by atoms with van der Waals surface area (Å²) in [5.74, 6) is 0.408. The highest BCUT2D eigenvalue weighted by Gasteiger charge is 2.15. The van der Waals surface area contributed by atoms with Gasteiger partial charge in [-0.3, -0.25) is 9.36 Å². The van der Waals surface area contributed by atoms with E-state index in [1.54, 1.807) is 22.8 Å². The number of ether oxygens (including phenoxy) is 1. The Hall–Kier alpha value is -2.17. The number of nitrogens with zero attached hydrogens (tertiary/aromatic N) is 2. The molecule has 0 saturated carbocycles. The Morgan fingerprint density at radius 3 is 2.95 bits per heavy atom. The van der Waals surface area contributed by atoms with Gasteiger partial charge in [-0.2, -0.15) is 0 Å². The Balaban J connectivity index is 2.22. The molecule has 0 aliphatic carbocycles. The molecule has 0 radical (unpaired) electrons. The molecule has 1 aromatic heterocycles. The van der Waals surface area contributed by atoms with Gasteiger partial charge in [0.2, 0.25) is 0 Å². The molecule has 2 aromatic rings. The van der Waals surface area contributed by atoms with E-state index in [-0.39, 0.29) is 5.56 Å². The van der Waals surface area contributed by atoms with Crippen LogP contribution in [0.2, 0.25) is 0 Å². The van der Waals surface area contributed by atoms with Crippen LogP contribution in [-0.2, 0) is 17.7 Å². The van der Waals surface area contributed by atoms with Gasteiger partial charge in [0.1, 0.15) is 5.82 Å². The third-order valence-corrected chi connectivity index (χ3v) is 3.74. The lowest BCUT2D eigenvalue weighted by Gasteiger charge is -2.10. The molecule has 5 nitrogen and oxygen atoms in total. The molecule has 0 bridgehead atoms. The normalized spacial score (nSPS) is 14.7. The van der Waals surface area contributed by atoms with Crippen LogP contribution in [-0.4, -0.2) is 22.6 Å². The second-order valence-corrected chi connectivity index (χ2v) is 5.02. The Morgan fingerprint density at radius 1 is 1.30 bits per heavy atom. The molecule has 1 aromatic carbocycles. The lowest BCUT2D eigenvalue weighted by molar-refractivity contribution is 0.0601. The maximum atomic E-state index is 12.5. The van der Waals surface area contributed by atoms with Crippen LogP contribution in [0.5, 0.6) is 0 Å². The first-order valence-electron chi connectivity index (χ1n) is 6.82. The van der Waals surface area contributed by atoms with Gasteiger partial charge in [-0.1, -0.05) is 6.42 Å². The molecule has 0 saturated heterocycles. The summed E-state index contributed by atoms with van der Waals surface area (Å²) < 4.78 is 6.47. The zero-order valence-corrected chi connectivity index (χ0v) is 11.4. The van der Waals surface area contributed by atoms with Crippen molar-refractivity contribution >= 4 is 16.9 Å². The molecule has 0 N–H and O–H groups in total. The van der Waals surface area contributed by atoms with E-state index < -0.39 is 5.97 Å². The Labute approximate surface area is 116 Å². The molecule has 0 atom stereocenters. The topological polar surface area (TPSA) is 61.2 Å². The van der Waals surface area contributed by atoms with Crippen LogP contribution in [0.15, 0.2) is 23.0 Å². The van der Waals surface area contributed by atoms with Crippen molar-refractivity contribution in [3.8, 4) is 0 Å². The van der Waals surface area contributed by atoms with E-state index in [0.717, 1.165) is 38.1 Å². The highest BCUT2D eigenvalue weighted by atomic mass is 16.5. The summed E-state index contributed by atoms with van der Waals surface area (Å²) in [5.41, 5.74) is 0.986. The van der Waals surface area contributed by atoms with Gasteiger partial charge in [-0.15, -0.1) is 0 Å². The van der Waals surface area contributed by atoms with Gasteiger partial charge in [0.05, 0.1) is 23.6 Å². The predicted molar refractivity (Wildman–Crippen MR) is 74.9 cm³/mol. The van der Waals surface area contributed by atoms with Crippen molar-refractivity contribution in [2.75, 3.05) is 7.11 Å². The fraction of sp³-hybridized carbons (Fsp3) is 0.400. The highest BCUT2D eigenvalue weighted by Crippen LogP contribution is 2.16. The van der Waals surface area contributed by atoms with Gasteiger partial charge < -0.3 is 4.74 Å². The third-order valence-electron chi connectivity index (χ3n) is 3.74. The first-order chi connectivity index (χ1) is 9.70. The quantitative estimate of drug-likeness (QED) is 0.744. The molecule has 5 heteroatoms. The van der Waals surface area contributed by atoms with E-state index in [1.165, 1.54) is 7.11 Å². The van der Waals surface area contributed by atoms with Crippen LogP contribution in [0, 0.1) is 0 Å². The number of methoxy groups -OCH3 is 1. The predicted octanol–water partition coefficient (Wildman–Crippen LogP) is 1.91. The Morgan fingerprint density at radius 2 is 2.15 bits per heavy atom. The van der Waals surface area contributed by atoms with Gasteiger partial charge >= 0.3 is 5.97 Å². The number of hydrogen-bond donors (Lipinski definition) is 0. The zero-order valence-electron chi connectivity index (χ0n) is 11.4. The molecule has 0 fully saturated rings. The average Bonchev–Trinajstić information content (AvgIpc) is 2.71. The van der Waals surface area contributed by atoms with Gasteiger partial charge in [-0.25, -0.2) is 9.78 Å². The number of carbonyl (C=O) groups is 1. The van der Waals surface area contributed by atoms with E-state index in [0.29, 0.717) is 16.5 Å². The number of esters is 1. The lowest BCUT2D eigenvalue weighted by Crippen LogP contribution is -2.24. The molecule has 104 valence electrons. The van der Waals surface area contributed by atoms with Crippen molar-refractivity contribution in [3.63, 3.8) is 0 Å². The van der Waals surface area contributed by atoms with Gasteiger partial charge in [0.15, 0.2) is 0 Å². The van der Waals surface area contributed by atoms with Gasteiger partial charge in [-0.05, 0) is 31.0 Å². The first kappa shape index (κ1) is 12.8. The molecule has 1 aliphatic rings. The van der Waals surface area contributed by atoms with Crippen molar-refractivity contribution < 1.29 is 9.53 Å². The second kappa shape index (κ2) is 5.07. The van der Waals surface area contributed by atoms with Crippen molar-refractivity contribution in [1.82, 2.24) is 9.55 Å². The van der Waals surface area contributed by atoms with Crippen molar-refractivity contribution in [1.29, 1.82) is 0 Å². The fourth-order valence-corrected chi connectivity index (χ4v) is 2.66. The Kier molecular flexibility index (Phi) is 3.26. The summed E-state index contributed by atoms with van der Waals surface area (Å²) in [7, 11) is 1.34. The van der Waals surface area contributed by atoms with E-state index in [1.807, 2.05) is 0 Å². The fourth-order valence-electron chi connectivity index (χ4n) is 2.66. The van der Waals surface area contributed by atoms with Gasteiger partial charge in [0, 0.05) is 13.0 Å². The number of aromatic nitrogens is 2. The van der Waals surface area contributed by atoms with E-state index in [4.69, 9.17) is 4.74 Å². The standard InChI is InChI=1S/C15H16N2O3/c1-20-15(19)10-6-7-11-12(9-10)16-13-5-3-2-4-8-17(13)14(11)18/h6-7,9H,2-5,8H2,1H3. The molecular weight excluding hydrogens is 256 g/mol. The van der Waals surface area contributed by atoms with Crippen LogP contribution in [0.4, 0.5) is 0 Å². The lowest BCUT2D eigenvalue weighted by atomic mass is 10.1. The number of fused-ring (bicyclic) bond motifs is 2. The van der Waals surface area contributed by atoms with Crippen LogP contribution in [0.1, 0.15) is 35.4 Å². The number of aryl methyl sites for hydroxylation is 1. The van der Waals surface area contributed by atoms with Crippen molar-refractivity contribution in [2.24, 2.45) is 0 Å². The van der Waals surface area contributed by atoms with E-state index in [9.17, 15) is 9.59 Å². The highest BCUT2D eigenvalue weighted by molar-refractivity contribution is 5.94. The summed E-state index contributed by atoms with van der Waals surface area (Å²) >= 11 is 0. The SMILES string of the molecule is COC(=O)c1ccc2c(=O)n3c(nc2c1)CCCCC3. The molecule has 20 heavy (non-hydrogen) atoms. The largest absolute Gasteiger partial charge is 0.465 e. The van der Waals surface area contributed by atoms with Crippen LogP contribution >= 0.6 is 0 Å². The van der Waals surface area contributed by atoms with Crippen LogP contribution < -0.4 is 5.56 Å². The number of carbonyl (C=O) groups excluding carboxylic acids is 1. The summed E-state index contributed by atoms with van der Waals surface area (Å²) in [4.78, 5) is 28.6.